The molecule has 0 N–H and O–H groups in total. The number of Topliss-reactive ketones (excluding diaryl/α,β-unsaturated/α-hetero) is 1. The maximum atomic E-state index is 12.4. The van der Waals surface area contributed by atoms with Crippen molar-refractivity contribution in [2.75, 3.05) is 0 Å². The van der Waals surface area contributed by atoms with E-state index in [4.69, 9.17) is 0 Å². The van der Waals surface area contributed by atoms with Gasteiger partial charge in [-0.1, -0.05) is 30.4 Å². The molecule has 0 radical (unpaired) electrons. The van der Waals surface area contributed by atoms with Crippen LogP contribution in [0, 0.1) is 0 Å². The van der Waals surface area contributed by atoms with Crippen LogP contribution in [0.1, 0.15) is 37.0 Å². The zero-order valence-electron chi connectivity index (χ0n) is 13.8. The molecule has 0 bridgehead atoms. The average Bonchev–Trinajstić information content (AvgIpc) is 2.60. The first-order chi connectivity index (χ1) is 11.2. The Hall–Kier alpha value is -2.55. The molecule has 3 nitrogen and oxygen atoms in total. The summed E-state index contributed by atoms with van der Waals surface area (Å²) in [6.45, 7) is 4.59. The summed E-state index contributed by atoms with van der Waals surface area (Å²) in [6.07, 6.45) is 19.5. The zero-order valence-corrected chi connectivity index (χ0v) is 13.8. The lowest BCUT2D eigenvalue weighted by Crippen LogP contribution is -2.36. The fourth-order valence-corrected chi connectivity index (χ4v) is 2.35. The first-order valence-corrected chi connectivity index (χ1v) is 7.95. The zero-order chi connectivity index (χ0) is 16.5. The van der Waals surface area contributed by atoms with E-state index in [0.717, 1.165) is 29.7 Å². The second-order valence-corrected chi connectivity index (χ2v) is 5.33. The third-order valence-electron chi connectivity index (χ3n) is 3.50. The summed E-state index contributed by atoms with van der Waals surface area (Å²) in [7, 11) is 0. The third-order valence-corrected chi connectivity index (χ3v) is 3.50. The van der Waals surface area contributed by atoms with Gasteiger partial charge in [-0.15, -0.1) is 0 Å². The van der Waals surface area contributed by atoms with Crippen molar-refractivity contribution in [3.05, 3.63) is 78.3 Å². The molecule has 0 spiro atoms. The van der Waals surface area contributed by atoms with Crippen LogP contribution in [0.2, 0.25) is 0 Å². The third kappa shape index (κ3) is 4.99. The van der Waals surface area contributed by atoms with Crippen molar-refractivity contribution in [1.82, 2.24) is 0 Å². The maximum Gasteiger partial charge on any atom is 0.193 e. The van der Waals surface area contributed by atoms with Crippen LogP contribution in [0.4, 0.5) is 0 Å². The van der Waals surface area contributed by atoms with Crippen LogP contribution in [-0.2, 0) is 6.54 Å². The molecular weight excluding hydrogens is 284 g/mol. The molecule has 3 heteroatoms. The Balaban J connectivity index is 2.11. The lowest BCUT2D eigenvalue weighted by molar-refractivity contribution is -0.681. The van der Waals surface area contributed by atoms with Gasteiger partial charge in [0.2, 0.25) is 0 Å². The van der Waals surface area contributed by atoms with Gasteiger partial charge in [-0.3, -0.25) is 9.79 Å². The van der Waals surface area contributed by atoms with E-state index in [1.807, 2.05) is 73.3 Å². The summed E-state index contributed by atoms with van der Waals surface area (Å²) < 4.78 is 2.02. The Morgan fingerprint density at radius 2 is 2.00 bits per heavy atom. The van der Waals surface area contributed by atoms with Crippen molar-refractivity contribution in [3.8, 4) is 0 Å². The Labute approximate surface area is 138 Å². The number of aliphatic imine (C=N–C) groups is 1. The van der Waals surface area contributed by atoms with Gasteiger partial charge in [-0.05, 0) is 32.8 Å². The number of carbonyl (C=O) groups excluding carboxylic acids is 1. The molecule has 1 heterocycles. The van der Waals surface area contributed by atoms with E-state index < -0.39 is 0 Å². The van der Waals surface area contributed by atoms with E-state index in [0.29, 0.717) is 6.54 Å². The molecule has 0 saturated carbocycles. The lowest BCUT2D eigenvalue weighted by Gasteiger charge is -2.05. The van der Waals surface area contributed by atoms with E-state index in [-0.39, 0.29) is 5.78 Å². The molecule has 23 heavy (non-hydrogen) atoms. The molecule has 0 fully saturated rings. The molecule has 2 rings (SSSR count). The average molecular weight is 307 g/mol. The smallest absolute Gasteiger partial charge is 0.193 e. The second-order valence-electron chi connectivity index (χ2n) is 5.33. The van der Waals surface area contributed by atoms with Gasteiger partial charge >= 0.3 is 0 Å². The van der Waals surface area contributed by atoms with Gasteiger partial charge in [-0.25, -0.2) is 0 Å². The molecule has 118 valence electrons. The van der Waals surface area contributed by atoms with Crippen molar-refractivity contribution in [2.45, 2.75) is 33.2 Å². The van der Waals surface area contributed by atoms with Crippen LogP contribution < -0.4 is 4.57 Å². The van der Waals surface area contributed by atoms with Gasteiger partial charge in [0.15, 0.2) is 24.7 Å². The van der Waals surface area contributed by atoms with Gasteiger partial charge in [0.05, 0.1) is 0 Å². The number of nitrogens with zero attached hydrogens (tertiary/aromatic N) is 2. The second kappa shape index (κ2) is 8.79. The Bertz CT molecular complexity index is 689. The highest BCUT2D eigenvalue weighted by Gasteiger charge is 2.13. The quantitative estimate of drug-likeness (QED) is 0.444. The molecule has 1 aromatic rings. The number of ketones is 1. The van der Waals surface area contributed by atoms with Gasteiger partial charge in [-0.2, -0.15) is 4.57 Å². The number of rotatable bonds is 6. The normalized spacial score (nSPS) is 15.4. The highest BCUT2D eigenvalue weighted by molar-refractivity contribution is 6.10. The fourth-order valence-electron chi connectivity index (χ4n) is 2.35. The Kier molecular flexibility index (Phi) is 6.42. The Morgan fingerprint density at radius 3 is 2.61 bits per heavy atom. The number of pyridine rings is 1. The van der Waals surface area contributed by atoms with Crippen molar-refractivity contribution < 1.29 is 9.36 Å². The first kappa shape index (κ1) is 16.8. The maximum absolute atomic E-state index is 12.4. The van der Waals surface area contributed by atoms with Gasteiger partial charge in [0.1, 0.15) is 5.71 Å². The van der Waals surface area contributed by atoms with Crippen molar-refractivity contribution in [3.63, 3.8) is 0 Å². The molecule has 1 aliphatic carbocycles. The van der Waals surface area contributed by atoms with Gasteiger partial charge < -0.3 is 0 Å². The minimum atomic E-state index is 0.0874. The van der Waals surface area contributed by atoms with Gasteiger partial charge in [0, 0.05) is 29.5 Å². The van der Waals surface area contributed by atoms with Crippen molar-refractivity contribution in [1.29, 1.82) is 0 Å². The fraction of sp³-hybridized carbons (Fsp3) is 0.250. The predicted octanol–water partition coefficient (Wildman–Crippen LogP) is 3.98. The number of aromatic nitrogens is 1. The van der Waals surface area contributed by atoms with Crippen LogP contribution in [0.3, 0.4) is 0 Å². The van der Waals surface area contributed by atoms with E-state index in [2.05, 4.69) is 11.1 Å². The standard InChI is InChI=1S/C20H23N2O/c1-3-8-19(21-13-4-2)16-22-14-11-18(12-15-22)20(23)17-9-6-5-7-10-17/h3-4,6,8-15H,5,7,16H2,1-2H3/q+1/b8-3-,13-4-,21-19+. The number of carbonyl (C=O) groups is 1. The number of allylic oxidation sites excluding steroid dienone is 7. The van der Waals surface area contributed by atoms with Crippen molar-refractivity contribution in [2.24, 2.45) is 4.99 Å². The topological polar surface area (TPSA) is 33.3 Å². The number of hydrogen-bond acceptors (Lipinski definition) is 2. The number of hydrogen-bond donors (Lipinski definition) is 0. The molecule has 0 aromatic carbocycles. The molecule has 1 aliphatic rings. The summed E-state index contributed by atoms with van der Waals surface area (Å²) in [5.74, 6) is 0.0874. The molecule has 0 unspecified atom stereocenters. The van der Waals surface area contributed by atoms with E-state index >= 15 is 0 Å². The molecule has 0 atom stereocenters. The summed E-state index contributed by atoms with van der Waals surface area (Å²) >= 11 is 0. The van der Waals surface area contributed by atoms with E-state index in [1.54, 1.807) is 6.20 Å². The molecular formula is C20H23N2O+. The molecule has 0 amide bonds. The van der Waals surface area contributed by atoms with Crippen molar-refractivity contribution >= 4 is 11.5 Å². The lowest BCUT2D eigenvalue weighted by atomic mass is 9.99. The summed E-state index contributed by atoms with van der Waals surface area (Å²) in [6, 6.07) is 3.74. The summed E-state index contributed by atoms with van der Waals surface area (Å²) in [4.78, 5) is 16.8. The molecule has 0 saturated heterocycles. The van der Waals surface area contributed by atoms with Crippen LogP contribution in [-0.4, -0.2) is 11.5 Å². The molecule has 1 aromatic heterocycles. The van der Waals surface area contributed by atoms with E-state index in [1.165, 1.54) is 0 Å². The SMILES string of the molecule is C\C=C/N=C(\C=C/C)C[n+]1ccc(C(=O)C2=CCCC=C2)cc1. The highest BCUT2D eigenvalue weighted by atomic mass is 16.1. The van der Waals surface area contributed by atoms with Crippen LogP contribution in [0.25, 0.3) is 0 Å². The minimum Gasteiger partial charge on any atom is -0.289 e. The monoisotopic (exact) mass is 307 g/mol. The van der Waals surface area contributed by atoms with E-state index in [9.17, 15) is 4.79 Å². The van der Waals surface area contributed by atoms with Gasteiger partial charge in [0.25, 0.3) is 0 Å². The van der Waals surface area contributed by atoms with Crippen LogP contribution in [0.15, 0.2) is 77.7 Å². The van der Waals surface area contributed by atoms with Crippen LogP contribution >= 0.6 is 0 Å². The Morgan fingerprint density at radius 1 is 1.22 bits per heavy atom. The summed E-state index contributed by atoms with van der Waals surface area (Å²) in [5, 5.41) is 0. The molecule has 0 aliphatic heterocycles. The minimum absolute atomic E-state index is 0.0874. The highest BCUT2D eigenvalue weighted by Crippen LogP contribution is 2.14. The first-order valence-electron chi connectivity index (χ1n) is 7.95. The predicted molar refractivity (Wildman–Crippen MR) is 94.5 cm³/mol. The van der Waals surface area contributed by atoms with Crippen LogP contribution in [0.5, 0.6) is 0 Å². The largest absolute Gasteiger partial charge is 0.289 e. The summed E-state index contributed by atoms with van der Waals surface area (Å²) in [5.41, 5.74) is 2.47.